The molecule has 2 aliphatic rings. The van der Waals surface area contributed by atoms with Crippen LogP contribution >= 0.6 is 0 Å². The minimum Gasteiger partial charge on any atom is -0.409 e. The molecule has 0 aromatic carbocycles. The van der Waals surface area contributed by atoms with Gasteiger partial charge < -0.3 is 4.43 Å². The van der Waals surface area contributed by atoms with Gasteiger partial charge in [-0.3, -0.25) is 4.79 Å². The Morgan fingerprint density at radius 3 is 2.25 bits per heavy atom. The van der Waals surface area contributed by atoms with Crippen LogP contribution in [0.15, 0.2) is 23.3 Å². The average molecular weight is 292 g/mol. The van der Waals surface area contributed by atoms with Gasteiger partial charge in [0.25, 0.3) is 0 Å². The summed E-state index contributed by atoms with van der Waals surface area (Å²) in [6.07, 6.45) is 4.11. The summed E-state index contributed by atoms with van der Waals surface area (Å²) in [7, 11) is -1.85. The second-order valence-corrected chi connectivity index (χ2v) is 13.2. The predicted octanol–water partition coefficient (Wildman–Crippen LogP) is 4.49. The van der Waals surface area contributed by atoms with E-state index in [0.717, 1.165) is 5.57 Å². The van der Waals surface area contributed by atoms with Gasteiger partial charge in [-0.25, -0.2) is 0 Å². The summed E-state index contributed by atoms with van der Waals surface area (Å²) in [5, 5.41) is 0.181. The standard InChI is InChI=1S/C17H28O2Si/c1-11-13-10-17(5,6)15(12(13)9-14(11)18)19-20(7,8)16(2,3)4/h9-11,15H,1-8H3. The number of hydrogen-bond donors (Lipinski definition) is 0. The SMILES string of the molecule is CC1C(=O)C=C2C1=CC(C)(C)C2O[Si](C)(C)C(C)(C)C. The summed E-state index contributed by atoms with van der Waals surface area (Å²) in [4.78, 5) is 11.9. The molecule has 0 aromatic rings. The molecule has 0 fully saturated rings. The fourth-order valence-electron chi connectivity index (χ4n) is 2.76. The summed E-state index contributed by atoms with van der Waals surface area (Å²) in [6, 6.07) is 0. The van der Waals surface area contributed by atoms with Crippen LogP contribution in [0.3, 0.4) is 0 Å². The van der Waals surface area contributed by atoms with Gasteiger partial charge in [0.15, 0.2) is 14.1 Å². The maximum Gasteiger partial charge on any atom is 0.192 e. The van der Waals surface area contributed by atoms with E-state index in [1.807, 2.05) is 13.0 Å². The first-order chi connectivity index (χ1) is 8.87. The molecule has 112 valence electrons. The van der Waals surface area contributed by atoms with E-state index in [-0.39, 0.29) is 28.3 Å². The molecule has 3 heteroatoms. The first kappa shape index (κ1) is 15.7. The molecule has 0 saturated carbocycles. The van der Waals surface area contributed by atoms with Crippen molar-refractivity contribution in [3.05, 3.63) is 23.3 Å². The number of fused-ring (bicyclic) bond motifs is 1. The van der Waals surface area contributed by atoms with E-state index in [1.165, 1.54) is 5.57 Å². The molecule has 2 aliphatic carbocycles. The van der Waals surface area contributed by atoms with Crippen LogP contribution < -0.4 is 0 Å². The predicted molar refractivity (Wildman–Crippen MR) is 86.2 cm³/mol. The third-order valence-electron chi connectivity index (χ3n) is 5.23. The smallest absolute Gasteiger partial charge is 0.192 e. The lowest BCUT2D eigenvalue weighted by atomic mass is 9.89. The van der Waals surface area contributed by atoms with Crippen molar-refractivity contribution in [1.82, 2.24) is 0 Å². The molecule has 0 aliphatic heterocycles. The first-order valence-corrected chi connectivity index (χ1v) is 10.4. The van der Waals surface area contributed by atoms with Gasteiger partial charge in [0.05, 0.1) is 6.10 Å². The van der Waals surface area contributed by atoms with E-state index < -0.39 is 8.32 Å². The zero-order chi connectivity index (χ0) is 15.5. The van der Waals surface area contributed by atoms with Crippen molar-refractivity contribution in [2.45, 2.75) is 65.8 Å². The van der Waals surface area contributed by atoms with Gasteiger partial charge >= 0.3 is 0 Å². The van der Waals surface area contributed by atoms with E-state index in [4.69, 9.17) is 4.43 Å². The number of hydrogen-bond acceptors (Lipinski definition) is 2. The normalized spacial score (nSPS) is 29.3. The molecule has 20 heavy (non-hydrogen) atoms. The molecular weight excluding hydrogens is 264 g/mol. The van der Waals surface area contributed by atoms with Crippen molar-refractivity contribution >= 4 is 14.1 Å². The molecular formula is C17H28O2Si. The minimum absolute atomic E-state index is 0.0114. The summed E-state index contributed by atoms with van der Waals surface area (Å²) >= 11 is 0. The van der Waals surface area contributed by atoms with E-state index in [1.54, 1.807) is 0 Å². The molecule has 0 saturated heterocycles. The Balaban J connectivity index is 2.34. The average Bonchev–Trinajstić information content (AvgIpc) is 2.64. The molecule has 2 nitrogen and oxygen atoms in total. The monoisotopic (exact) mass is 292 g/mol. The van der Waals surface area contributed by atoms with Crippen LogP contribution in [-0.4, -0.2) is 20.2 Å². The van der Waals surface area contributed by atoms with Gasteiger partial charge in [-0.15, -0.1) is 0 Å². The molecule has 0 amide bonds. The second-order valence-electron chi connectivity index (χ2n) is 8.40. The van der Waals surface area contributed by atoms with Crippen LogP contribution in [0.4, 0.5) is 0 Å². The Labute approximate surface area is 124 Å². The molecule has 2 atom stereocenters. The van der Waals surface area contributed by atoms with Crippen LogP contribution in [0.25, 0.3) is 0 Å². The van der Waals surface area contributed by atoms with Gasteiger partial charge in [-0.05, 0) is 35.4 Å². The van der Waals surface area contributed by atoms with Gasteiger partial charge in [0.2, 0.25) is 0 Å². The lowest BCUT2D eigenvalue weighted by Gasteiger charge is -2.42. The van der Waals surface area contributed by atoms with Crippen LogP contribution in [-0.2, 0) is 9.22 Å². The lowest BCUT2D eigenvalue weighted by Crippen LogP contribution is -2.47. The topological polar surface area (TPSA) is 26.3 Å². The van der Waals surface area contributed by atoms with Crippen molar-refractivity contribution in [3.8, 4) is 0 Å². The minimum atomic E-state index is -1.85. The van der Waals surface area contributed by atoms with Gasteiger partial charge in [0, 0.05) is 11.3 Å². The fourth-order valence-corrected chi connectivity index (χ4v) is 4.14. The number of allylic oxidation sites excluding steroid dienone is 1. The van der Waals surface area contributed by atoms with Crippen molar-refractivity contribution in [2.75, 3.05) is 0 Å². The van der Waals surface area contributed by atoms with Crippen molar-refractivity contribution < 1.29 is 9.22 Å². The van der Waals surface area contributed by atoms with Gasteiger partial charge in [-0.1, -0.05) is 47.6 Å². The Kier molecular flexibility index (Phi) is 3.46. The number of rotatable bonds is 2. The highest BCUT2D eigenvalue weighted by Crippen LogP contribution is 2.50. The molecule has 0 spiro atoms. The quantitative estimate of drug-likeness (QED) is 0.701. The second kappa shape index (κ2) is 4.41. The van der Waals surface area contributed by atoms with Crippen LogP contribution in [0.2, 0.25) is 18.1 Å². The first-order valence-electron chi connectivity index (χ1n) is 7.53. The zero-order valence-electron chi connectivity index (χ0n) is 14.1. The number of ketones is 1. The molecule has 2 unspecified atom stereocenters. The Morgan fingerprint density at radius 1 is 1.20 bits per heavy atom. The van der Waals surface area contributed by atoms with E-state index in [9.17, 15) is 4.79 Å². The maximum atomic E-state index is 11.9. The fraction of sp³-hybridized carbons (Fsp3) is 0.706. The Hall–Kier alpha value is -0.673. The largest absolute Gasteiger partial charge is 0.409 e. The number of carbonyl (C=O) groups excluding carboxylic acids is 1. The van der Waals surface area contributed by atoms with E-state index in [2.05, 4.69) is 53.8 Å². The molecule has 0 heterocycles. The Morgan fingerprint density at radius 2 is 1.75 bits per heavy atom. The van der Waals surface area contributed by atoms with Crippen LogP contribution in [0.1, 0.15) is 41.5 Å². The summed E-state index contributed by atoms with van der Waals surface area (Å²) < 4.78 is 6.66. The third kappa shape index (κ3) is 2.35. The van der Waals surface area contributed by atoms with Crippen LogP contribution in [0.5, 0.6) is 0 Å². The third-order valence-corrected chi connectivity index (χ3v) is 9.67. The van der Waals surface area contributed by atoms with E-state index >= 15 is 0 Å². The molecule has 0 aromatic heterocycles. The summed E-state index contributed by atoms with van der Waals surface area (Å²) in [5.74, 6) is 0.239. The highest BCUT2D eigenvalue weighted by Gasteiger charge is 2.49. The maximum absolute atomic E-state index is 11.9. The molecule has 0 N–H and O–H groups in total. The van der Waals surface area contributed by atoms with Gasteiger partial charge in [0.1, 0.15) is 0 Å². The molecule has 0 radical (unpaired) electrons. The summed E-state index contributed by atoms with van der Waals surface area (Å²) in [6.45, 7) is 17.8. The Bertz CT molecular complexity index is 504. The number of carbonyl (C=O) groups is 1. The van der Waals surface area contributed by atoms with Gasteiger partial charge in [-0.2, -0.15) is 0 Å². The molecule has 0 bridgehead atoms. The van der Waals surface area contributed by atoms with Crippen molar-refractivity contribution in [3.63, 3.8) is 0 Å². The summed E-state index contributed by atoms with van der Waals surface area (Å²) in [5.41, 5.74) is 2.31. The molecule has 2 rings (SSSR count). The highest BCUT2D eigenvalue weighted by atomic mass is 28.4. The highest BCUT2D eigenvalue weighted by molar-refractivity contribution is 6.74. The zero-order valence-corrected chi connectivity index (χ0v) is 15.1. The van der Waals surface area contributed by atoms with Crippen LogP contribution in [0, 0.1) is 11.3 Å². The van der Waals surface area contributed by atoms with Crippen molar-refractivity contribution in [1.29, 1.82) is 0 Å². The lowest BCUT2D eigenvalue weighted by molar-refractivity contribution is -0.116. The van der Waals surface area contributed by atoms with Crippen molar-refractivity contribution in [2.24, 2.45) is 11.3 Å². The van der Waals surface area contributed by atoms with E-state index in [0.29, 0.717) is 0 Å².